The van der Waals surface area contributed by atoms with Gasteiger partial charge in [0.1, 0.15) is 0 Å². The molecular weight excluding hydrogens is 206 g/mol. The first-order chi connectivity index (χ1) is 7.52. The Hall–Kier alpha value is -1.84. The topological polar surface area (TPSA) is 66.4 Å². The summed E-state index contributed by atoms with van der Waals surface area (Å²) < 4.78 is 0. The Kier molecular flexibility index (Phi) is 4.05. The second-order valence-corrected chi connectivity index (χ2v) is 3.62. The van der Waals surface area contributed by atoms with E-state index >= 15 is 0 Å². The predicted molar refractivity (Wildman–Crippen MR) is 61.4 cm³/mol. The van der Waals surface area contributed by atoms with Crippen molar-refractivity contribution in [3.05, 3.63) is 29.3 Å². The van der Waals surface area contributed by atoms with Crippen molar-refractivity contribution in [1.29, 1.82) is 0 Å². The van der Waals surface area contributed by atoms with E-state index in [0.29, 0.717) is 17.7 Å². The highest BCUT2D eigenvalue weighted by Crippen LogP contribution is 2.17. The van der Waals surface area contributed by atoms with Gasteiger partial charge >= 0.3 is 5.97 Å². The van der Waals surface area contributed by atoms with Gasteiger partial charge < -0.3 is 10.4 Å². The number of amides is 1. The molecule has 4 nitrogen and oxygen atoms in total. The third kappa shape index (κ3) is 3.38. The molecule has 0 saturated heterocycles. The zero-order valence-electron chi connectivity index (χ0n) is 9.41. The highest BCUT2D eigenvalue weighted by Gasteiger charge is 2.06. The van der Waals surface area contributed by atoms with E-state index in [9.17, 15) is 9.59 Å². The molecule has 1 aromatic rings. The van der Waals surface area contributed by atoms with E-state index in [-0.39, 0.29) is 12.3 Å². The van der Waals surface area contributed by atoms with Crippen LogP contribution >= 0.6 is 0 Å². The van der Waals surface area contributed by atoms with Gasteiger partial charge in [-0.15, -0.1) is 0 Å². The lowest BCUT2D eigenvalue weighted by atomic mass is 10.1. The lowest BCUT2D eigenvalue weighted by molar-refractivity contribution is -0.136. The molecule has 0 fully saturated rings. The summed E-state index contributed by atoms with van der Waals surface area (Å²) in [5.41, 5.74) is 2.30. The first-order valence-corrected chi connectivity index (χ1v) is 5.14. The van der Waals surface area contributed by atoms with Crippen LogP contribution in [0.25, 0.3) is 0 Å². The third-order valence-corrected chi connectivity index (χ3v) is 2.25. The first-order valence-electron chi connectivity index (χ1n) is 5.14. The molecule has 0 bridgehead atoms. The standard InChI is InChI=1S/C12H15NO3/c1-3-11(14)13-10-6-9(7-12(15)16)5-4-8(10)2/h4-6H,3,7H2,1-2H3,(H,13,14)(H,15,16). The van der Waals surface area contributed by atoms with Gasteiger partial charge in [0.05, 0.1) is 6.42 Å². The number of hydrogen-bond acceptors (Lipinski definition) is 2. The SMILES string of the molecule is CCC(=O)Nc1cc(CC(=O)O)ccc1C. The van der Waals surface area contributed by atoms with Gasteiger partial charge in [-0.25, -0.2) is 0 Å². The van der Waals surface area contributed by atoms with Gasteiger partial charge in [0.2, 0.25) is 5.91 Å². The predicted octanol–water partition coefficient (Wildman–Crippen LogP) is 1.97. The van der Waals surface area contributed by atoms with E-state index in [2.05, 4.69) is 5.32 Å². The van der Waals surface area contributed by atoms with E-state index in [1.54, 1.807) is 19.1 Å². The number of aryl methyl sites for hydroxylation is 1. The highest BCUT2D eigenvalue weighted by atomic mass is 16.4. The number of anilines is 1. The maximum Gasteiger partial charge on any atom is 0.307 e. The van der Waals surface area contributed by atoms with Crippen LogP contribution in [0.4, 0.5) is 5.69 Å². The Morgan fingerprint density at radius 2 is 2.06 bits per heavy atom. The second-order valence-electron chi connectivity index (χ2n) is 3.62. The lowest BCUT2D eigenvalue weighted by Crippen LogP contribution is -2.11. The molecular formula is C12H15NO3. The number of aliphatic carboxylic acids is 1. The maximum absolute atomic E-state index is 11.2. The molecule has 2 N–H and O–H groups in total. The van der Waals surface area contributed by atoms with Gasteiger partial charge in [-0.05, 0) is 24.1 Å². The van der Waals surface area contributed by atoms with E-state index in [0.717, 1.165) is 5.56 Å². The highest BCUT2D eigenvalue weighted by molar-refractivity contribution is 5.91. The van der Waals surface area contributed by atoms with Crippen LogP contribution in [0.5, 0.6) is 0 Å². The van der Waals surface area contributed by atoms with E-state index in [1.165, 1.54) is 0 Å². The van der Waals surface area contributed by atoms with Crippen LogP contribution in [0.1, 0.15) is 24.5 Å². The number of carbonyl (C=O) groups excluding carboxylic acids is 1. The zero-order chi connectivity index (χ0) is 12.1. The average molecular weight is 221 g/mol. The molecule has 1 amide bonds. The Balaban J connectivity index is 2.90. The van der Waals surface area contributed by atoms with Crippen molar-refractivity contribution < 1.29 is 14.7 Å². The third-order valence-electron chi connectivity index (χ3n) is 2.25. The summed E-state index contributed by atoms with van der Waals surface area (Å²) >= 11 is 0. The van der Waals surface area contributed by atoms with Crippen molar-refractivity contribution in [1.82, 2.24) is 0 Å². The zero-order valence-corrected chi connectivity index (χ0v) is 9.41. The number of carbonyl (C=O) groups is 2. The monoisotopic (exact) mass is 221 g/mol. The van der Waals surface area contributed by atoms with Crippen LogP contribution in [0.15, 0.2) is 18.2 Å². The van der Waals surface area contributed by atoms with Crippen LogP contribution in [-0.4, -0.2) is 17.0 Å². The summed E-state index contributed by atoms with van der Waals surface area (Å²) in [6, 6.07) is 5.27. The fourth-order valence-corrected chi connectivity index (χ4v) is 1.33. The minimum atomic E-state index is -0.878. The normalized spacial score (nSPS) is 9.88. The van der Waals surface area contributed by atoms with Crippen molar-refractivity contribution in [2.24, 2.45) is 0 Å². The van der Waals surface area contributed by atoms with Crippen LogP contribution in [-0.2, 0) is 16.0 Å². The van der Waals surface area contributed by atoms with Crippen LogP contribution in [0, 0.1) is 6.92 Å². The Morgan fingerprint density at radius 1 is 1.38 bits per heavy atom. The summed E-state index contributed by atoms with van der Waals surface area (Å²) in [5.74, 6) is -0.952. The molecule has 0 unspecified atom stereocenters. The van der Waals surface area contributed by atoms with Crippen LogP contribution < -0.4 is 5.32 Å². The van der Waals surface area contributed by atoms with Crippen molar-refractivity contribution in [3.8, 4) is 0 Å². The molecule has 0 atom stereocenters. The second kappa shape index (κ2) is 5.30. The van der Waals surface area contributed by atoms with Crippen molar-refractivity contribution in [2.75, 3.05) is 5.32 Å². The van der Waals surface area contributed by atoms with Crippen molar-refractivity contribution >= 4 is 17.6 Å². The number of carboxylic acid groups (broad SMARTS) is 1. The molecule has 1 rings (SSSR count). The van der Waals surface area contributed by atoms with Crippen molar-refractivity contribution in [2.45, 2.75) is 26.7 Å². The van der Waals surface area contributed by atoms with Gasteiger partial charge in [0, 0.05) is 12.1 Å². The smallest absolute Gasteiger partial charge is 0.307 e. The molecule has 4 heteroatoms. The van der Waals surface area contributed by atoms with Crippen LogP contribution in [0.3, 0.4) is 0 Å². The van der Waals surface area contributed by atoms with Gasteiger partial charge in [0.25, 0.3) is 0 Å². The van der Waals surface area contributed by atoms with E-state index in [1.807, 2.05) is 13.0 Å². The number of rotatable bonds is 4. The minimum absolute atomic E-state index is 0.0325. The number of hydrogen-bond donors (Lipinski definition) is 2. The Bertz CT molecular complexity index is 413. The van der Waals surface area contributed by atoms with Gasteiger partial charge in [-0.2, -0.15) is 0 Å². The first kappa shape index (κ1) is 12.2. The fourth-order valence-electron chi connectivity index (χ4n) is 1.33. The van der Waals surface area contributed by atoms with Crippen LogP contribution in [0.2, 0.25) is 0 Å². The Labute approximate surface area is 94.3 Å². The van der Waals surface area contributed by atoms with E-state index < -0.39 is 5.97 Å². The average Bonchev–Trinajstić information content (AvgIpc) is 2.22. The fraction of sp³-hybridized carbons (Fsp3) is 0.333. The van der Waals surface area contributed by atoms with Crippen molar-refractivity contribution in [3.63, 3.8) is 0 Å². The molecule has 0 spiro atoms. The number of nitrogens with one attached hydrogen (secondary N) is 1. The largest absolute Gasteiger partial charge is 0.481 e. The molecule has 0 aromatic heterocycles. The molecule has 0 heterocycles. The number of benzene rings is 1. The quantitative estimate of drug-likeness (QED) is 0.816. The van der Waals surface area contributed by atoms with E-state index in [4.69, 9.17) is 5.11 Å². The molecule has 0 radical (unpaired) electrons. The maximum atomic E-state index is 11.2. The minimum Gasteiger partial charge on any atom is -0.481 e. The summed E-state index contributed by atoms with van der Waals surface area (Å²) in [6.07, 6.45) is 0.373. The summed E-state index contributed by atoms with van der Waals surface area (Å²) in [7, 11) is 0. The van der Waals surface area contributed by atoms with Gasteiger partial charge in [-0.3, -0.25) is 9.59 Å². The van der Waals surface area contributed by atoms with Gasteiger partial charge in [-0.1, -0.05) is 19.1 Å². The molecule has 1 aromatic carbocycles. The molecule has 16 heavy (non-hydrogen) atoms. The summed E-state index contributed by atoms with van der Waals surface area (Å²) in [4.78, 5) is 21.8. The summed E-state index contributed by atoms with van der Waals surface area (Å²) in [6.45, 7) is 3.64. The molecule has 0 saturated carbocycles. The lowest BCUT2D eigenvalue weighted by Gasteiger charge is -2.09. The number of carboxylic acids is 1. The molecule has 0 aliphatic carbocycles. The Morgan fingerprint density at radius 3 is 2.62 bits per heavy atom. The molecule has 86 valence electrons. The van der Waals surface area contributed by atoms with Gasteiger partial charge in [0.15, 0.2) is 0 Å². The molecule has 0 aliphatic heterocycles. The summed E-state index contributed by atoms with van der Waals surface area (Å²) in [5, 5.41) is 11.4. The molecule has 0 aliphatic rings.